The molecule has 0 bridgehead atoms. The summed E-state index contributed by atoms with van der Waals surface area (Å²) in [4.78, 5) is 0. The van der Waals surface area contributed by atoms with Crippen LogP contribution in [0.15, 0.2) is 41.0 Å². The maximum Gasteiger partial charge on any atom is 0.161 e. The van der Waals surface area contributed by atoms with E-state index in [0.29, 0.717) is 0 Å². The highest BCUT2D eigenvalue weighted by Gasteiger charge is 2.12. The number of hydrogen-bond acceptors (Lipinski definition) is 5. The molecule has 0 aliphatic carbocycles. The number of hydrazone groups is 1. The van der Waals surface area contributed by atoms with Crippen molar-refractivity contribution < 1.29 is 0 Å². The van der Waals surface area contributed by atoms with Gasteiger partial charge in [-0.1, -0.05) is 24.3 Å². The average molecular weight is 230 g/mol. The Labute approximate surface area is 97.1 Å². The number of hydrogen-bond donors (Lipinski definition) is 2. The predicted octanol–water partition coefficient (Wildman–Crippen LogP) is 0.0614. The lowest BCUT2D eigenvalue weighted by Gasteiger charge is -2.19. The number of rotatable bonds is 1. The van der Waals surface area contributed by atoms with Gasteiger partial charge in [0.05, 0.1) is 0 Å². The molecule has 0 aromatic heterocycles. The summed E-state index contributed by atoms with van der Waals surface area (Å²) in [5, 5.41) is 8.38. The minimum Gasteiger partial charge on any atom is -0.293 e. The van der Waals surface area contributed by atoms with Crippen LogP contribution in [-0.2, 0) is 0 Å². The largest absolute Gasteiger partial charge is 0.293 e. The standard InChI is InChI=1S/C11H10N4S/c1-2-4-10-9(3-1)5-6-12-14-11(10)15-13-7-8-16-15/h1-8,13-14H. The Kier molecular flexibility index (Phi) is 2.30. The van der Waals surface area contributed by atoms with Crippen LogP contribution >= 0.6 is 11.9 Å². The van der Waals surface area contributed by atoms with E-state index in [1.807, 2.05) is 34.2 Å². The summed E-state index contributed by atoms with van der Waals surface area (Å²) >= 11 is 1.58. The third kappa shape index (κ3) is 1.55. The zero-order chi connectivity index (χ0) is 10.8. The average Bonchev–Trinajstić information content (AvgIpc) is 2.76. The predicted molar refractivity (Wildman–Crippen MR) is 66.9 cm³/mol. The van der Waals surface area contributed by atoms with Crippen LogP contribution in [0.2, 0.25) is 0 Å². The lowest BCUT2D eigenvalue weighted by Crippen LogP contribution is -2.38. The summed E-state index contributed by atoms with van der Waals surface area (Å²) in [6.45, 7) is 0. The van der Waals surface area contributed by atoms with Gasteiger partial charge < -0.3 is 0 Å². The first-order chi connectivity index (χ1) is 7.95. The number of nitrogens with one attached hydrogen (secondary N) is 2. The highest BCUT2D eigenvalue weighted by molar-refractivity contribution is 8.00. The normalized spacial score (nSPS) is 17.2. The van der Waals surface area contributed by atoms with Crippen LogP contribution in [0.3, 0.4) is 0 Å². The highest BCUT2D eigenvalue weighted by Crippen LogP contribution is 2.18. The molecule has 0 spiro atoms. The third-order valence-electron chi connectivity index (χ3n) is 2.34. The van der Waals surface area contributed by atoms with Crippen LogP contribution in [0.4, 0.5) is 0 Å². The Morgan fingerprint density at radius 2 is 2.19 bits per heavy atom. The van der Waals surface area contributed by atoms with Gasteiger partial charge in [0.15, 0.2) is 5.82 Å². The fourth-order valence-electron chi connectivity index (χ4n) is 1.63. The molecule has 2 N–H and O–H groups in total. The molecule has 0 saturated heterocycles. The molecule has 1 aromatic rings. The van der Waals surface area contributed by atoms with Gasteiger partial charge in [0, 0.05) is 35.0 Å². The second-order valence-corrected chi connectivity index (χ2v) is 4.17. The lowest BCUT2D eigenvalue weighted by molar-refractivity contribution is 0.540. The molecule has 80 valence electrons. The van der Waals surface area contributed by atoms with Gasteiger partial charge in [-0.3, -0.25) is 10.9 Å². The number of nitrogens with zero attached hydrogens (tertiary/aromatic N) is 2. The third-order valence-corrected chi connectivity index (χ3v) is 3.10. The molecule has 3 rings (SSSR count). The molecule has 0 radical (unpaired) electrons. The molecule has 4 nitrogen and oxygen atoms in total. The van der Waals surface area contributed by atoms with Gasteiger partial charge in [0.2, 0.25) is 0 Å². The van der Waals surface area contributed by atoms with Gasteiger partial charge in [0.25, 0.3) is 0 Å². The lowest BCUT2D eigenvalue weighted by atomic mass is 10.2. The van der Waals surface area contributed by atoms with Crippen LogP contribution < -0.4 is 21.3 Å². The minimum absolute atomic E-state index is 0.940. The smallest absolute Gasteiger partial charge is 0.161 e. The van der Waals surface area contributed by atoms with Crippen molar-refractivity contribution in [3.8, 4) is 0 Å². The fraction of sp³-hybridized carbons (Fsp3) is 0. The van der Waals surface area contributed by atoms with E-state index in [1.165, 1.54) is 0 Å². The molecule has 16 heavy (non-hydrogen) atoms. The van der Waals surface area contributed by atoms with Gasteiger partial charge >= 0.3 is 0 Å². The van der Waals surface area contributed by atoms with Crippen LogP contribution in [0.25, 0.3) is 11.9 Å². The maximum absolute atomic E-state index is 4.12. The van der Waals surface area contributed by atoms with Crippen molar-refractivity contribution in [2.75, 3.05) is 0 Å². The topological polar surface area (TPSA) is 39.7 Å². The Morgan fingerprint density at radius 3 is 3.06 bits per heavy atom. The Hall–Kier alpha value is -1.88. The summed E-state index contributed by atoms with van der Waals surface area (Å²) in [7, 11) is 0. The highest BCUT2D eigenvalue weighted by atomic mass is 32.2. The van der Waals surface area contributed by atoms with Crippen molar-refractivity contribution in [2.45, 2.75) is 0 Å². The van der Waals surface area contributed by atoms with Crippen molar-refractivity contribution in [3.63, 3.8) is 0 Å². The molecule has 0 saturated carbocycles. The van der Waals surface area contributed by atoms with E-state index in [0.717, 1.165) is 16.3 Å². The monoisotopic (exact) mass is 230 g/mol. The molecular formula is C11H10N4S. The van der Waals surface area contributed by atoms with E-state index in [-0.39, 0.29) is 0 Å². The quantitative estimate of drug-likeness (QED) is 0.669. The first-order valence-electron chi connectivity index (χ1n) is 4.92. The molecule has 0 amide bonds. The van der Waals surface area contributed by atoms with Gasteiger partial charge in [-0.25, -0.2) is 4.41 Å². The summed E-state index contributed by atoms with van der Waals surface area (Å²) in [6.07, 6.45) is 5.64. The summed E-state index contributed by atoms with van der Waals surface area (Å²) in [5.41, 5.74) is 6.16. The van der Waals surface area contributed by atoms with E-state index >= 15 is 0 Å². The molecule has 2 heterocycles. The van der Waals surface area contributed by atoms with Crippen molar-refractivity contribution in [1.82, 2.24) is 15.3 Å². The van der Waals surface area contributed by atoms with Gasteiger partial charge in [-0.2, -0.15) is 5.10 Å². The van der Waals surface area contributed by atoms with E-state index in [9.17, 15) is 0 Å². The number of hydrazine groups is 1. The van der Waals surface area contributed by atoms with Gasteiger partial charge in [0.1, 0.15) is 0 Å². The summed E-state index contributed by atoms with van der Waals surface area (Å²) in [6, 6.07) is 8.19. The minimum atomic E-state index is 0.940. The van der Waals surface area contributed by atoms with Crippen LogP contribution in [-0.4, -0.2) is 10.6 Å². The molecule has 0 unspecified atom stereocenters. The second kappa shape index (κ2) is 3.94. The molecule has 2 aliphatic heterocycles. The van der Waals surface area contributed by atoms with E-state index < -0.39 is 0 Å². The maximum atomic E-state index is 4.12. The number of benzene rings is 1. The van der Waals surface area contributed by atoms with Gasteiger partial charge in [-0.05, 0) is 11.3 Å². The zero-order valence-corrected chi connectivity index (χ0v) is 9.24. The molecule has 2 aliphatic rings. The Bertz CT molecular complexity index is 568. The van der Waals surface area contributed by atoms with Crippen LogP contribution in [0, 0.1) is 0 Å². The molecular weight excluding hydrogens is 220 g/mol. The van der Waals surface area contributed by atoms with Gasteiger partial charge in [-0.15, -0.1) is 0 Å². The first kappa shape index (κ1) is 9.35. The zero-order valence-electron chi connectivity index (χ0n) is 8.42. The molecule has 5 heteroatoms. The SMILES string of the molecule is C1=CSN(C2=c3ccccc3=CC=NN2)N1. The van der Waals surface area contributed by atoms with Crippen molar-refractivity contribution >= 4 is 30.1 Å². The van der Waals surface area contributed by atoms with Crippen LogP contribution in [0.5, 0.6) is 0 Å². The Morgan fingerprint density at radius 1 is 1.25 bits per heavy atom. The fourth-order valence-corrected chi connectivity index (χ4v) is 2.24. The molecule has 1 aromatic carbocycles. The van der Waals surface area contributed by atoms with Crippen molar-refractivity contribution in [1.29, 1.82) is 0 Å². The number of fused-ring (bicyclic) bond motifs is 1. The van der Waals surface area contributed by atoms with Crippen LogP contribution in [0.1, 0.15) is 0 Å². The summed E-state index contributed by atoms with van der Waals surface area (Å²) in [5.74, 6) is 0.940. The van der Waals surface area contributed by atoms with Crippen molar-refractivity contribution in [3.05, 3.63) is 46.3 Å². The second-order valence-electron chi connectivity index (χ2n) is 3.32. The first-order valence-corrected chi connectivity index (χ1v) is 5.76. The molecule has 0 fully saturated rings. The van der Waals surface area contributed by atoms with E-state index in [1.54, 1.807) is 18.2 Å². The Balaban J connectivity index is 2.21. The van der Waals surface area contributed by atoms with E-state index in [4.69, 9.17) is 0 Å². The summed E-state index contributed by atoms with van der Waals surface area (Å²) < 4.78 is 1.94. The molecule has 0 atom stereocenters. The van der Waals surface area contributed by atoms with Crippen molar-refractivity contribution in [2.24, 2.45) is 5.10 Å². The van der Waals surface area contributed by atoms with E-state index in [2.05, 4.69) is 28.1 Å².